The Kier molecular flexibility index (Phi) is 10.8. The number of ketones is 2. The van der Waals surface area contributed by atoms with Gasteiger partial charge in [0.05, 0.1) is 0 Å². The molecular formula is C24H41NO2. The third kappa shape index (κ3) is 8.13. The fourth-order valence-corrected chi connectivity index (χ4v) is 3.92. The number of hydrogen-bond acceptors (Lipinski definition) is 3. The van der Waals surface area contributed by atoms with Crippen molar-refractivity contribution >= 4 is 11.6 Å². The Labute approximate surface area is 167 Å². The van der Waals surface area contributed by atoms with Crippen molar-refractivity contribution in [3.8, 4) is 0 Å². The summed E-state index contributed by atoms with van der Waals surface area (Å²) in [6.07, 6.45) is 10.7. The zero-order valence-corrected chi connectivity index (χ0v) is 18.6. The molecule has 0 heterocycles. The number of unbranched alkanes of at least 4 members (excludes halogenated alkanes) is 7. The topological polar surface area (TPSA) is 37.4 Å². The van der Waals surface area contributed by atoms with Gasteiger partial charge in [-0.15, -0.1) is 0 Å². The molecule has 0 saturated carbocycles. The molecule has 3 nitrogen and oxygen atoms in total. The lowest BCUT2D eigenvalue weighted by molar-refractivity contribution is -0.116. The molecule has 0 atom stereocenters. The largest absolute Gasteiger partial charge is 0.306 e. The maximum Gasteiger partial charge on any atom is 0.185 e. The zero-order valence-electron chi connectivity index (χ0n) is 18.6. The Morgan fingerprint density at radius 1 is 0.704 bits per heavy atom. The van der Waals surface area contributed by atoms with E-state index >= 15 is 0 Å². The second-order valence-corrected chi connectivity index (χ2v) is 8.75. The smallest absolute Gasteiger partial charge is 0.185 e. The van der Waals surface area contributed by atoms with Crippen LogP contribution in [0.25, 0.3) is 0 Å². The quantitative estimate of drug-likeness (QED) is 0.297. The van der Waals surface area contributed by atoms with Crippen molar-refractivity contribution in [2.24, 2.45) is 5.92 Å². The second kappa shape index (κ2) is 12.3. The van der Waals surface area contributed by atoms with Crippen molar-refractivity contribution in [1.82, 2.24) is 4.90 Å². The summed E-state index contributed by atoms with van der Waals surface area (Å²) in [6.45, 7) is 12.3. The summed E-state index contributed by atoms with van der Waals surface area (Å²) in [4.78, 5) is 27.0. The average molecular weight is 376 g/mol. The van der Waals surface area contributed by atoms with E-state index in [1.54, 1.807) is 13.8 Å². The third-order valence-electron chi connectivity index (χ3n) is 5.70. The Hall–Kier alpha value is -1.22. The van der Waals surface area contributed by atoms with Crippen LogP contribution in [-0.2, 0) is 9.59 Å². The summed E-state index contributed by atoms with van der Waals surface area (Å²) < 4.78 is 0. The molecule has 0 amide bonds. The minimum absolute atomic E-state index is 0.0566. The maximum atomic E-state index is 12.4. The third-order valence-corrected chi connectivity index (χ3v) is 5.70. The van der Waals surface area contributed by atoms with Crippen LogP contribution in [0.5, 0.6) is 0 Å². The molecule has 1 rings (SSSR count). The van der Waals surface area contributed by atoms with Crippen LogP contribution in [0.15, 0.2) is 22.3 Å². The van der Waals surface area contributed by atoms with E-state index in [1.807, 2.05) is 6.92 Å². The molecule has 0 aromatic rings. The molecule has 3 heteroatoms. The van der Waals surface area contributed by atoms with Gasteiger partial charge in [0.1, 0.15) is 0 Å². The van der Waals surface area contributed by atoms with Crippen LogP contribution in [0, 0.1) is 5.92 Å². The molecule has 0 spiro atoms. The van der Waals surface area contributed by atoms with Gasteiger partial charge in [-0.1, -0.05) is 52.4 Å². The van der Waals surface area contributed by atoms with Crippen molar-refractivity contribution in [3.63, 3.8) is 0 Å². The van der Waals surface area contributed by atoms with Gasteiger partial charge in [0.15, 0.2) is 11.6 Å². The normalized spacial score (nSPS) is 15.7. The standard InChI is InChI=1S/C24H41NO2/c1-18(2)17-25(6)16-14-12-10-8-7-9-11-13-15-22-21(5)23(26)19(3)20(4)24(22)27/h18H,7-17H2,1-6H3. The number of carbonyl (C=O) groups excluding carboxylic acids is 2. The first-order chi connectivity index (χ1) is 12.8. The highest BCUT2D eigenvalue weighted by Gasteiger charge is 2.26. The fourth-order valence-electron chi connectivity index (χ4n) is 3.92. The summed E-state index contributed by atoms with van der Waals surface area (Å²) in [5.74, 6) is 0.897. The molecule has 0 aliphatic heterocycles. The number of allylic oxidation sites excluding steroid dienone is 4. The molecule has 27 heavy (non-hydrogen) atoms. The Balaban J connectivity index is 2.10. The highest BCUT2D eigenvalue weighted by Crippen LogP contribution is 2.27. The van der Waals surface area contributed by atoms with Crippen LogP contribution in [-0.4, -0.2) is 36.6 Å². The first-order valence-corrected chi connectivity index (χ1v) is 10.9. The number of carbonyl (C=O) groups is 2. The minimum Gasteiger partial charge on any atom is -0.306 e. The van der Waals surface area contributed by atoms with Crippen molar-refractivity contribution in [3.05, 3.63) is 22.3 Å². The van der Waals surface area contributed by atoms with Gasteiger partial charge in [-0.3, -0.25) is 9.59 Å². The van der Waals surface area contributed by atoms with Crippen LogP contribution in [0.2, 0.25) is 0 Å². The molecule has 0 unspecified atom stereocenters. The monoisotopic (exact) mass is 375 g/mol. The van der Waals surface area contributed by atoms with Crippen molar-refractivity contribution in [2.45, 2.75) is 92.4 Å². The van der Waals surface area contributed by atoms with E-state index < -0.39 is 0 Å². The summed E-state index contributed by atoms with van der Waals surface area (Å²) in [6, 6.07) is 0. The van der Waals surface area contributed by atoms with Crippen molar-refractivity contribution < 1.29 is 9.59 Å². The van der Waals surface area contributed by atoms with Gasteiger partial charge in [0.25, 0.3) is 0 Å². The van der Waals surface area contributed by atoms with E-state index in [9.17, 15) is 9.59 Å². The fraction of sp³-hybridized carbons (Fsp3) is 0.750. The molecule has 1 aliphatic carbocycles. The molecule has 1 aliphatic rings. The van der Waals surface area contributed by atoms with Gasteiger partial charge in [0, 0.05) is 28.8 Å². The van der Waals surface area contributed by atoms with Gasteiger partial charge in [-0.25, -0.2) is 0 Å². The lowest BCUT2D eigenvalue weighted by Gasteiger charge is -2.18. The molecule has 0 aromatic carbocycles. The van der Waals surface area contributed by atoms with Crippen LogP contribution >= 0.6 is 0 Å². The van der Waals surface area contributed by atoms with Crippen LogP contribution in [0.3, 0.4) is 0 Å². The highest BCUT2D eigenvalue weighted by molar-refractivity contribution is 6.24. The lowest BCUT2D eigenvalue weighted by atomic mass is 9.84. The van der Waals surface area contributed by atoms with E-state index in [4.69, 9.17) is 0 Å². The van der Waals surface area contributed by atoms with E-state index in [2.05, 4.69) is 25.8 Å². The molecule has 0 bridgehead atoms. The first-order valence-electron chi connectivity index (χ1n) is 10.9. The van der Waals surface area contributed by atoms with Crippen LogP contribution < -0.4 is 0 Å². The van der Waals surface area contributed by atoms with Crippen LogP contribution in [0.1, 0.15) is 92.4 Å². The van der Waals surface area contributed by atoms with Crippen molar-refractivity contribution in [1.29, 1.82) is 0 Å². The minimum atomic E-state index is 0.0566. The molecule has 0 fully saturated rings. The lowest BCUT2D eigenvalue weighted by Crippen LogP contribution is -2.24. The molecule has 0 saturated heterocycles. The van der Waals surface area contributed by atoms with Gasteiger partial charge in [-0.05, 0) is 59.5 Å². The predicted molar refractivity (Wildman–Crippen MR) is 115 cm³/mol. The van der Waals surface area contributed by atoms with Crippen molar-refractivity contribution in [2.75, 3.05) is 20.1 Å². The van der Waals surface area contributed by atoms with Gasteiger partial charge in [-0.2, -0.15) is 0 Å². The van der Waals surface area contributed by atoms with Gasteiger partial charge >= 0.3 is 0 Å². The SMILES string of the molecule is CC1=C(C)C(=O)C(CCCCCCCCCCN(C)CC(C)C)=C(C)C1=O. The number of rotatable bonds is 13. The number of hydrogen-bond donors (Lipinski definition) is 0. The zero-order chi connectivity index (χ0) is 20.4. The summed E-state index contributed by atoms with van der Waals surface area (Å²) >= 11 is 0. The summed E-state index contributed by atoms with van der Waals surface area (Å²) in [5, 5.41) is 0. The predicted octanol–water partition coefficient (Wildman–Crippen LogP) is 5.89. The van der Waals surface area contributed by atoms with E-state index in [-0.39, 0.29) is 11.6 Å². The molecule has 0 radical (unpaired) electrons. The first kappa shape index (κ1) is 23.8. The molecule has 154 valence electrons. The van der Waals surface area contributed by atoms with E-state index in [0.29, 0.717) is 16.7 Å². The average Bonchev–Trinajstić information content (AvgIpc) is 2.61. The van der Waals surface area contributed by atoms with Gasteiger partial charge in [0.2, 0.25) is 0 Å². The number of nitrogens with zero attached hydrogens (tertiary/aromatic N) is 1. The summed E-state index contributed by atoms with van der Waals surface area (Å²) in [7, 11) is 2.22. The van der Waals surface area contributed by atoms with E-state index in [0.717, 1.165) is 30.8 Å². The second-order valence-electron chi connectivity index (χ2n) is 8.75. The Bertz CT molecular complexity index is 569. The Morgan fingerprint density at radius 3 is 1.74 bits per heavy atom. The Morgan fingerprint density at radius 2 is 1.19 bits per heavy atom. The maximum absolute atomic E-state index is 12.4. The summed E-state index contributed by atoms with van der Waals surface area (Å²) in [5.41, 5.74) is 2.69. The molecule has 0 aromatic heterocycles. The molecular weight excluding hydrogens is 334 g/mol. The number of Topliss-reactive ketones (excluding diaryl/α,β-unsaturated/α-hetero) is 2. The molecule has 0 N–H and O–H groups in total. The van der Waals surface area contributed by atoms with Gasteiger partial charge < -0.3 is 4.90 Å². The highest BCUT2D eigenvalue weighted by atomic mass is 16.1. The van der Waals surface area contributed by atoms with Crippen LogP contribution in [0.4, 0.5) is 0 Å². The van der Waals surface area contributed by atoms with E-state index in [1.165, 1.54) is 51.6 Å².